The van der Waals surface area contributed by atoms with Crippen molar-refractivity contribution in [3.8, 4) is 0 Å². The van der Waals surface area contributed by atoms with Crippen molar-refractivity contribution in [1.29, 1.82) is 0 Å². The number of hydrogen-bond donors (Lipinski definition) is 3. The Labute approximate surface area is 90.2 Å². The number of aliphatic hydroxyl groups is 1. The molecule has 5 nitrogen and oxygen atoms in total. The minimum absolute atomic E-state index is 0.135. The predicted molar refractivity (Wildman–Crippen MR) is 56.7 cm³/mol. The minimum Gasteiger partial charge on any atom is -0.391 e. The second-order valence-electron chi connectivity index (χ2n) is 3.93. The van der Waals surface area contributed by atoms with Gasteiger partial charge in [-0.25, -0.2) is 4.79 Å². The van der Waals surface area contributed by atoms with Crippen LogP contribution in [0.3, 0.4) is 0 Å². The maximum absolute atomic E-state index is 11.3. The molecule has 2 amide bonds. The second kappa shape index (κ2) is 6.63. The van der Waals surface area contributed by atoms with Crippen LogP contribution in [0, 0.1) is 0 Å². The largest absolute Gasteiger partial charge is 0.391 e. The minimum atomic E-state index is -0.501. The molecule has 88 valence electrons. The molecule has 1 rings (SSSR count). The lowest BCUT2D eigenvalue weighted by molar-refractivity contribution is 0.0598. The summed E-state index contributed by atoms with van der Waals surface area (Å²) < 4.78 is 4.77. The molecule has 0 heterocycles. The van der Waals surface area contributed by atoms with Crippen molar-refractivity contribution >= 4 is 6.03 Å². The van der Waals surface area contributed by atoms with Gasteiger partial charge in [-0.1, -0.05) is 0 Å². The topological polar surface area (TPSA) is 70.6 Å². The van der Waals surface area contributed by atoms with E-state index in [0.717, 1.165) is 12.8 Å². The molecular weight excluding hydrogens is 196 g/mol. The van der Waals surface area contributed by atoms with Gasteiger partial charge in [0.1, 0.15) is 0 Å². The average Bonchev–Trinajstić information content (AvgIpc) is 2.12. The molecule has 1 aliphatic rings. The summed E-state index contributed by atoms with van der Waals surface area (Å²) in [6.07, 6.45) is 3.39. The van der Waals surface area contributed by atoms with E-state index in [9.17, 15) is 9.90 Å². The Hall–Kier alpha value is -0.810. The van der Waals surface area contributed by atoms with Crippen LogP contribution in [0.1, 0.15) is 25.7 Å². The third-order valence-electron chi connectivity index (χ3n) is 2.56. The van der Waals surface area contributed by atoms with E-state index in [1.54, 1.807) is 7.11 Å². The van der Waals surface area contributed by atoms with Crippen molar-refractivity contribution in [2.75, 3.05) is 20.3 Å². The molecular formula is C10H20N2O3. The smallest absolute Gasteiger partial charge is 0.315 e. The quantitative estimate of drug-likeness (QED) is 0.595. The van der Waals surface area contributed by atoms with Gasteiger partial charge in [-0.05, 0) is 25.7 Å². The molecule has 0 spiro atoms. The van der Waals surface area contributed by atoms with Crippen LogP contribution in [0.25, 0.3) is 0 Å². The summed E-state index contributed by atoms with van der Waals surface area (Å²) >= 11 is 0. The Morgan fingerprint density at radius 3 is 2.87 bits per heavy atom. The molecule has 1 aliphatic carbocycles. The fourth-order valence-corrected chi connectivity index (χ4v) is 1.42. The van der Waals surface area contributed by atoms with Gasteiger partial charge in [0.15, 0.2) is 0 Å². The molecule has 1 atom stereocenters. The number of rotatable bonds is 6. The first-order valence-electron chi connectivity index (χ1n) is 5.43. The van der Waals surface area contributed by atoms with Crippen molar-refractivity contribution < 1.29 is 14.6 Å². The Morgan fingerprint density at radius 2 is 2.33 bits per heavy atom. The van der Waals surface area contributed by atoms with Crippen molar-refractivity contribution in [2.45, 2.75) is 37.8 Å². The van der Waals surface area contributed by atoms with Crippen molar-refractivity contribution in [3.63, 3.8) is 0 Å². The highest BCUT2D eigenvalue weighted by atomic mass is 16.5. The Bertz CT molecular complexity index is 195. The standard InChI is InChI=1S/C10H20N2O3/c1-15-7-9(13)5-6-11-10(14)12-8-3-2-4-8/h8-9,13H,2-7H2,1H3,(H2,11,12,14). The summed E-state index contributed by atoms with van der Waals surface area (Å²) in [7, 11) is 1.54. The van der Waals surface area contributed by atoms with Crippen molar-refractivity contribution in [3.05, 3.63) is 0 Å². The number of carbonyl (C=O) groups is 1. The fraction of sp³-hybridized carbons (Fsp3) is 0.900. The number of carbonyl (C=O) groups excluding carboxylic acids is 1. The molecule has 0 radical (unpaired) electrons. The molecule has 15 heavy (non-hydrogen) atoms. The lowest BCUT2D eigenvalue weighted by atomic mass is 9.93. The Morgan fingerprint density at radius 1 is 1.60 bits per heavy atom. The lowest BCUT2D eigenvalue weighted by Gasteiger charge is -2.26. The van der Waals surface area contributed by atoms with Gasteiger partial charge in [0, 0.05) is 19.7 Å². The van der Waals surface area contributed by atoms with E-state index in [1.165, 1.54) is 6.42 Å². The number of amides is 2. The highest BCUT2D eigenvalue weighted by molar-refractivity contribution is 5.74. The van der Waals surface area contributed by atoms with E-state index in [4.69, 9.17) is 4.74 Å². The van der Waals surface area contributed by atoms with Crippen LogP contribution in [0.4, 0.5) is 4.79 Å². The van der Waals surface area contributed by atoms with E-state index < -0.39 is 6.10 Å². The molecule has 5 heteroatoms. The molecule has 0 saturated heterocycles. The number of ether oxygens (including phenoxy) is 1. The number of methoxy groups -OCH3 is 1. The van der Waals surface area contributed by atoms with Crippen LogP contribution in [0.5, 0.6) is 0 Å². The Balaban J connectivity index is 1.96. The maximum Gasteiger partial charge on any atom is 0.315 e. The number of urea groups is 1. The van der Waals surface area contributed by atoms with Gasteiger partial charge < -0.3 is 20.5 Å². The number of aliphatic hydroxyl groups excluding tert-OH is 1. The van der Waals surface area contributed by atoms with Crippen LogP contribution in [-0.4, -0.2) is 43.5 Å². The summed E-state index contributed by atoms with van der Waals surface area (Å²) in [6.45, 7) is 0.787. The monoisotopic (exact) mass is 216 g/mol. The SMILES string of the molecule is COCC(O)CCNC(=O)NC1CCC1. The van der Waals surface area contributed by atoms with Crippen molar-refractivity contribution in [1.82, 2.24) is 10.6 Å². The summed E-state index contributed by atoms with van der Waals surface area (Å²) in [5.41, 5.74) is 0. The zero-order valence-electron chi connectivity index (χ0n) is 9.16. The second-order valence-corrected chi connectivity index (χ2v) is 3.93. The number of nitrogens with one attached hydrogen (secondary N) is 2. The molecule has 3 N–H and O–H groups in total. The summed E-state index contributed by atoms with van der Waals surface area (Å²) in [6, 6.07) is 0.221. The third kappa shape index (κ3) is 4.99. The lowest BCUT2D eigenvalue weighted by Crippen LogP contribution is -2.45. The molecule has 0 aromatic carbocycles. The Kier molecular flexibility index (Phi) is 5.42. The predicted octanol–water partition coefficient (Wildman–Crippen LogP) is 0.235. The molecule has 1 saturated carbocycles. The van der Waals surface area contributed by atoms with Gasteiger partial charge in [-0.2, -0.15) is 0 Å². The highest BCUT2D eigenvalue weighted by Crippen LogP contribution is 2.17. The van der Waals surface area contributed by atoms with Crippen molar-refractivity contribution in [2.24, 2.45) is 0 Å². The summed E-state index contributed by atoms with van der Waals surface area (Å²) in [5.74, 6) is 0. The van der Waals surface area contributed by atoms with Crippen LogP contribution < -0.4 is 10.6 Å². The van der Waals surface area contributed by atoms with E-state index >= 15 is 0 Å². The fourth-order valence-electron chi connectivity index (χ4n) is 1.42. The van der Waals surface area contributed by atoms with Crippen LogP contribution in [0.2, 0.25) is 0 Å². The summed E-state index contributed by atoms with van der Waals surface area (Å²) in [5, 5.41) is 14.9. The van der Waals surface area contributed by atoms with Gasteiger partial charge in [0.2, 0.25) is 0 Å². The average molecular weight is 216 g/mol. The van der Waals surface area contributed by atoms with Crippen LogP contribution >= 0.6 is 0 Å². The van der Waals surface area contributed by atoms with Gasteiger partial charge in [0.25, 0.3) is 0 Å². The van der Waals surface area contributed by atoms with E-state index in [0.29, 0.717) is 25.6 Å². The normalized spacial score (nSPS) is 18.0. The van der Waals surface area contributed by atoms with E-state index in [2.05, 4.69) is 10.6 Å². The first-order valence-corrected chi connectivity index (χ1v) is 5.43. The van der Waals surface area contributed by atoms with Crippen LogP contribution in [-0.2, 0) is 4.74 Å². The molecule has 1 unspecified atom stereocenters. The highest BCUT2D eigenvalue weighted by Gasteiger charge is 2.18. The van der Waals surface area contributed by atoms with E-state index in [-0.39, 0.29) is 6.03 Å². The van der Waals surface area contributed by atoms with Gasteiger partial charge in [-0.15, -0.1) is 0 Å². The van der Waals surface area contributed by atoms with E-state index in [1.807, 2.05) is 0 Å². The van der Waals surface area contributed by atoms with Crippen LogP contribution in [0.15, 0.2) is 0 Å². The molecule has 0 bridgehead atoms. The zero-order valence-corrected chi connectivity index (χ0v) is 9.16. The maximum atomic E-state index is 11.3. The first kappa shape index (κ1) is 12.3. The van der Waals surface area contributed by atoms with Gasteiger partial charge in [-0.3, -0.25) is 0 Å². The summed E-state index contributed by atoms with van der Waals surface area (Å²) in [4.78, 5) is 11.3. The molecule has 0 aromatic heterocycles. The van der Waals surface area contributed by atoms with Gasteiger partial charge in [0.05, 0.1) is 12.7 Å². The molecule has 1 fully saturated rings. The molecule has 0 aliphatic heterocycles. The first-order chi connectivity index (χ1) is 7.22. The zero-order chi connectivity index (χ0) is 11.1. The third-order valence-corrected chi connectivity index (χ3v) is 2.56. The molecule has 0 aromatic rings. The number of hydrogen-bond acceptors (Lipinski definition) is 3. The van der Waals surface area contributed by atoms with Gasteiger partial charge >= 0.3 is 6.03 Å².